The molecule has 0 saturated heterocycles. The quantitative estimate of drug-likeness (QED) is 0.848. The van der Waals surface area contributed by atoms with Gasteiger partial charge in [-0.05, 0) is 25.0 Å². The third kappa shape index (κ3) is 2.79. The van der Waals surface area contributed by atoms with Crippen LogP contribution >= 0.6 is 15.9 Å². The molecule has 5 heteroatoms. The van der Waals surface area contributed by atoms with Gasteiger partial charge in [-0.15, -0.1) is 0 Å². The molecule has 2 rings (SSSR count). The molecule has 0 amide bonds. The van der Waals surface area contributed by atoms with Crippen molar-refractivity contribution in [3.63, 3.8) is 0 Å². The standard InChI is InChI=1S/C13H15BrN2O2/c1-8-3-2-4-10-12(8)13(18)16-11(15-10)6-5-9(17)7-14/h2-4,9,17H,5-7H2,1H3,(H,15,16,18). The molecule has 2 aromatic rings. The molecule has 1 aromatic heterocycles. The van der Waals surface area contributed by atoms with E-state index in [4.69, 9.17) is 0 Å². The highest BCUT2D eigenvalue weighted by atomic mass is 79.9. The number of hydrogen-bond acceptors (Lipinski definition) is 3. The molecule has 0 spiro atoms. The van der Waals surface area contributed by atoms with E-state index in [1.54, 1.807) is 0 Å². The van der Waals surface area contributed by atoms with Crippen molar-refractivity contribution in [2.24, 2.45) is 0 Å². The minimum atomic E-state index is -0.413. The fourth-order valence-corrected chi connectivity index (χ4v) is 2.23. The van der Waals surface area contributed by atoms with Gasteiger partial charge in [0, 0.05) is 11.8 Å². The number of hydrogen-bond donors (Lipinski definition) is 2. The Balaban J connectivity index is 2.35. The van der Waals surface area contributed by atoms with Crippen LogP contribution in [0, 0.1) is 6.92 Å². The maximum absolute atomic E-state index is 12.0. The predicted molar refractivity (Wildman–Crippen MR) is 75.2 cm³/mol. The maximum Gasteiger partial charge on any atom is 0.259 e. The molecule has 0 saturated carbocycles. The summed E-state index contributed by atoms with van der Waals surface area (Å²) in [6, 6.07) is 5.62. The fraction of sp³-hybridized carbons (Fsp3) is 0.385. The summed E-state index contributed by atoms with van der Waals surface area (Å²) in [7, 11) is 0. The van der Waals surface area contributed by atoms with Crippen LogP contribution in [-0.4, -0.2) is 26.5 Å². The summed E-state index contributed by atoms with van der Waals surface area (Å²) in [4.78, 5) is 19.2. The zero-order valence-electron chi connectivity index (χ0n) is 10.1. The maximum atomic E-state index is 12.0. The topological polar surface area (TPSA) is 66.0 Å². The van der Waals surface area contributed by atoms with Gasteiger partial charge < -0.3 is 10.1 Å². The highest BCUT2D eigenvalue weighted by molar-refractivity contribution is 9.09. The molecule has 0 bridgehead atoms. The van der Waals surface area contributed by atoms with Crippen LogP contribution in [0.15, 0.2) is 23.0 Å². The summed E-state index contributed by atoms with van der Waals surface area (Å²) in [5.41, 5.74) is 1.52. The van der Waals surface area contributed by atoms with Crippen LogP contribution in [-0.2, 0) is 6.42 Å². The summed E-state index contributed by atoms with van der Waals surface area (Å²) >= 11 is 3.21. The largest absolute Gasteiger partial charge is 0.392 e. The zero-order valence-corrected chi connectivity index (χ0v) is 11.7. The molecule has 0 aliphatic rings. The number of alkyl halides is 1. The van der Waals surface area contributed by atoms with Gasteiger partial charge in [0.2, 0.25) is 0 Å². The molecule has 96 valence electrons. The molecule has 0 aliphatic carbocycles. The second-order valence-electron chi connectivity index (χ2n) is 4.33. The first kappa shape index (κ1) is 13.2. The Labute approximate surface area is 113 Å². The van der Waals surface area contributed by atoms with E-state index in [9.17, 15) is 9.90 Å². The summed E-state index contributed by atoms with van der Waals surface area (Å²) in [5.74, 6) is 0.623. The molecule has 1 unspecified atom stereocenters. The Kier molecular flexibility index (Phi) is 4.14. The summed E-state index contributed by atoms with van der Waals surface area (Å²) in [6.45, 7) is 1.90. The highest BCUT2D eigenvalue weighted by Gasteiger charge is 2.08. The molecular formula is C13H15BrN2O2. The average Bonchev–Trinajstić information content (AvgIpc) is 2.35. The summed E-state index contributed by atoms with van der Waals surface area (Å²) in [6.07, 6.45) is 0.723. The van der Waals surface area contributed by atoms with Crippen molar-refractivity contribution in [1.82, 2.24) is 9.97 Å². The van der Waals surface area contributed by atoms with Crippen LogP contribution in [0.2, 0.25) is 0 Å². The first-order valence-electron chi connectivity index (χ1n) is 5.84. The van der Waals surface area contributed by atoms with E-state index in [0.717, 1.165) is 5.56 Å². The van der Waals surface area contributed by atoms with Gasteiger partial charge in [-0.3, -0.25) is 4.79 Å². The second kappa shape index (κ2) is 5.63. The normalized spacial score (nSPS) is 12.8. The van der Waals surface area contributed by atoms with E-state index >= 15 is 0 Å². The third-order valence-corrected chi connectivity index (χ3v) is 3.63. The van der Waals surface area contributed by atoms with Crippen LogP contribution in [0.4, 0.5) is 0 Å². The number of rotatable bonds is 4. The molecule has 0 radical (unpaired) electrons. The Bertz CT molecular complexity index is 609. The number of aliphatic hydroxyl groups excluding tert-OH is 1. The first-order chi connectivity index (χ1) is 8.61. The average molecular weight is 311 g/mol. The summed E-state index contributed by atoms with van der Waals surface area (Å²) in [5, 5.41) is 10.7. The minimum absolute atomic E-state index is 0.110. The molecule has 1 aromatic carbocycles. The highest BCUT2D eigenvalue weighted by Crippen LogP contribution is 2.12. The van der Waals surface area contributed by atoms with Crippen molar-refractivity contribution in [3.8, 4) is 0 Å². The fourth-order valence-electron chi connectivity index (χ4n) is 1.91. The number of aliphatic hydroxyl groups is 1. The third-order valence-electron chi connectivity index (χ3n) is 2.88. The number of nitrogens with one attached hydrogen (secondary N) is 1. The molecular weight excluding hydrogens is 296 g/mol. The minimum Gasteiger partial charge on any atom is -0.392 e. The van der Waals surface area contributed by atoms with E-state index in [1.807, 2.05) is 25.1 Å². The monoisotopic (exact) mass is 310 g/mol. The van der Waals surface area contributed by atoms with Gasteiger partial charge in [0.25, 0.3) is 5.56 Å². The van der Waals surface area contributed by atoms with E-state index in [-0.39, 0.29) is 5.56 Å². The SMILES string of the molecule is Cc1cccc2nc(CCC(O)CBr)[nH]c(=O)c12. The van der Waals surface area contributed by atoms with Crippen molar-refractivity contribution >= 4 is 26.8 Å². The Hall–Kier alpha value is -1.20. The number of benzene rings is 1. The lowest BCUT2D eigenvalue weighted by atomic mass is 10.1. The molecule has 1 heterocycles. The van der Waals surface area contributed by atoms with Crippen molar-refractivity contribution in [1.29, 1.82) is 0 Å². The van der Waals surface area contributed by atoms with E-state index < -0.39 is 6.10 Å². The number of H-pyrrole nitrogens is 1. The predicted octanol–water partition coefficient (Wildman–Crippen LogP) is 1.92. The van der Waals surface area contributed by atoms with E-state index in [2.05, 4.69) is 25.9 Å². The number of nitrogens with zero attached hydrogens (tertiary/aromatic N) is 1. The van der Waals surface area contributed by atoms with Crippen molar-refractivity contribution < 1.29 is 5.11 Å². The lowest BCUT2D eigenvalue weighted by molar-refractivity contribution is 0.190. The smallest absolute Gasteiger partial charge is 0.259 e. The lowest BCUT2D eigenvalue weighted by Gasteiger charge is -2.07. The van der Waals surface area contributed by atoms with Gasteiger partial charge >= 0.3 is 0 Å². The van der Waals surface area contributed by atoms with Crippen molar-refractivity contribution in [3.05, 3.63) is 39.9 Å². The molecule has 18 heavy (non-hydrogen) atoms. The van der Waals surface area contributed by atoms with Crippen LogP contribution in [0.3, 0.4) is 0 Å². The van der Waals surface area contributed by atoms with E-state index in [0.29, 0.717) is 34.9 Å². The van der Waals surface area contributed by atoms with Crippen LogP contribution in [0.5, 0.6) is 0 Å². The number of halogens is 1. The van der Waals surface area contributed by atoms with Crippen LogP contribution in [0.25, 0.3) is 10.9 Å². The Morgan fingerprint density at radius 1 is 1.50 bits per heavy atom. The molecule has 1 atom stereocenters. The van der Waals surface area contributed by atoms with Gasteiger partial charge in [0.15, 0.2) is 0 Å². The molecule has 4 nitrogen and oxygen atoms in total. The summed E-state index contributed by atoms with van der Waals surface area (Å²) < 4.78 is 0. The van der Waals surface area contributed by atoms with Gasteiger partial charge in [-0.1, -0.05) is 28.1 Å². The number of aromatic nitrogens is 2. The van der Waals surface area contributed by atoms with Crippen molar-refractivity contribution in [2.45, 2.75) is 25.9 Å². The molecule has 0 fully saturated rings. The molecule has 2 N–H and O–H groups in total. The van der Waals surface area contributed by atoms with Gasteiger partial charge in [0.05, 0.1) is 17.0 Å². The number of aromatic amines is 1. The Morgan fingerprint density at radius 2 is 2.28 bits per heavy atom. The molecule has 0 aliphatic heterocycles. The first-order valence-corrected chi connectivity index (χ1v) is 6.96. The van der Waals surface area contributed by atoms with Crippen LogP contribution < -0.4 is 5.56 Å². The van der Waals surface area contributed by atoms with Gasteiger partial charge in [0.1, 0.15) is 5.82 Å². The van der Waals surface area contributed by atoms with Crippen LogP contribution in [0.1, 0.15) is 17.8 Å². The Morgan fingerprint density at radius 3 is 3.00 bits per heavy atom. The van der Waals surface area contributed by atoms with Gasteiger partial charge in [-0.2, -0.15) is 0 Å². The lowest BCUT2D eigenvalue weighted by Crippen LogP contribution is -2.15. The number of aryl methyl sites for hydroxylation is 2. The second-order valence-corrected chi connectivity index (χ2v) is 4.98. The van der Waals surface area contributed by atoms with Crippen molar-refractivity contribution in [2.75, 3.05) is 5.33 Å². The van der Waals surface area contributed by atoms with Gasteiger partial charge in [-0.25, -0.2) is 4.98 Å². The number of fused-ring (bicyclic) bond motifs is 1. The zero-order chi connectivity index (χ0) is 13.1. The van der Waals surface area contributed by atoms with E-state index in [1.165, 1.54) is 0 Å².